The van der Waals surface area contributed by atoms with Gasteiger partial charge in [-0.15, -0.1) is 0 Å². The fourth-order valence-electron chi connectivity index (χ4n) is 8.26. The summed E-state index contributed by atoms with van der Waals surface area (Å²) in [5.41, 5.74) is -8.21. The molecule has 0 radical (unpaired) electrons. The molecule has 0 saturated carbocycles. The first-order valence-corrected chi connectivity index (χ1v) is 19.1. The molecule has 27 nitrogen and oxygen atoms in total. The molecule has 5 aliphatic rings. The molecule has 68 heavy (non-hydrogen) atoms. The minimum absolute atomic E-state index is 0.182. The van der Waals surface area contributed by atoms with Crippen LogP contribution in [0.15, 0.2) is 42.0 Å². The number of carbonyl (C=O) groups excluding carboxylic acids is 6. The zero-order valence-corrected chi connectivity index (χ0v) is 33.2. The number of hydrogen-bond acceptors (Lipinski definition) is 27. The number of ketones is 1. The highest BCUT2D eigenvalue weighted by atomic mass is 16.8. The molecule has 0 amide bonds. The van der Waals surface area contributed by atoms with Crippen LogP contribution in [-0.2, 0) is 38.0 Å². The Kier molecular flexibility index (Phi) is 9.64. The van der Waals surface area contributed by atoms with Crippen molar-refractivity contribution in [3.63, 3.8) is 0 Å². The molecule has 4 aromatic carbocycles. The normalized spacial score (nSPS) is 25.7. The summed E-state index contributed by atoms with van der Waals surface area (Å²) >= 11 is 0. The highest BCUT2D eigenvalue weighted by Crippen LogP contribution is 2.60. The van der Waals surface area contributed by atoms with E-state index in [1.807, 2.05) is 0 Å². The minimum atomic E-state index is -4.03. The summed E-state index contributed by atoms with van der Waals surface area (Å²) in [5, 5.41) is 150. The van der Waals surface area contributed by atoms with Crippen LogP contribution in [0.2, 0.25) is 0 Å². The fraction of sp³-hybridized carbons (Fsp3) is 0.220. The van der Waals surface area contributed by atoms with Crippen LogP contribution in [0.3, 0.4) is 0 Å². The van der Waals surface area contributed by atoms with Gasteiger partial charge in [0.05, 0.1) is 33.7 Å². The third-order valence-corrected chi connectivity index (χ3v) is 11.5. The molecule has 0 aromatic heterocycles. The predicted octanol–water partition coefficient (Wildman–Crippen LogP) is -1.10. The van der Waals surface area contributed by atoms with Crippen LogP contribution in [0.1, 0.15) is 52.9 Å². The molecular weight excluding hydrogens is 924 g/mol. The topological polar surface area (TPSA) is 450 Å². The Morgan fingerprint density at radius 3 is 1.71 bits per heavy atom. The highest BCUT2D eigenvalue weighted by molar-refractivity contribution is 6.09. The second-order valence-electron chi connectivity index (χ2n) is 15.5. The van der Waals surface area contributed by atoms with Gasteiger partial charge in [0.25, 0.3) is 11.6 Å². The van der Waals surface area contributed by atoms with Crippen molar-refractivity contribution in [3.05, 3.63) is 69.8 Å². The Bertz CT molecular complexity index is 3020. The molecule has 1 aliphatic carbocycles. The molecule has 7 atom stereocenters. The van der Waals surface area contributed by atoms with Crippen LogP contribution in [0.25, 0.3) is 11.1 Å². The zero-order chi connectivity index (χ0) is 49.4. The Morgan fingerprint density at radius 2 is 1.10 bits per heavy atom. The average molecular weight is 953 g/mol. The summed E-state index contributed by atoms with van der Waals surface area (Å²) in [6.45, 7) is -1.29. The van der Waals surface area contributed by atoms with Crippen LogP contribution in [-0.4, -0.2) is 156 Å². The van der Waals surface area contributed by atoms with Gasteiger partial charge in [-0.2, -0.15) is 0 Å². The molecule has 1 fully saturated rings. The lowest BCUT2D eigenvalue weighted by atomic mass is 9.74. The molecule has 9 rings (SSSR count). The number of cyclic esters (lactones) is 1. The maximum Gasteiger partial charge on any atom is 0.341 e. The van der Waals surface area contributed by atoms with Gasteiger partial charge >= 0.3 is 29.8 Å². The number of phenolic OH excluding ortho intramolecular Hbond substituents is 11. The number of aromatic hydroxyl groups is 11. The smallest absolute Gasteiger partial charge is 0.341 e. The van der Waals surface area contributed by atoms with E-state index in [9.17, 15) is 100 Å². The van der Waals surface area contributed by atoms with Crippen molar-refractivity contribution in [3.8, 4) is 80.1 Å². The quantitative estimate of drug-likeness (QED) is 0.0491. The molecule has 7 unspecified atom stereocenters. The second kappa shape index (κ2) is 14.8. The number of phenols is 11. The third-order valence-electron chi connectivity index (χ3n) is 11.5. The van der Waals surface area contributed by atoms with Gasteiger partial charge in [-0.25, -0.2) is 24.0 Å². The predicted molar refractivity (Wildman–Crippen MR) is 204 cm³/mol. The first-order valence-electron chi connectivity index (χ1n) is 19.1. The van der Waals surface area contributed by atoms with E-state index in [1.54, 1.807) is 0 Å². The lowest BCUT2D eigenvalue weighted by Crippen LogP contribution is -2.66. The largest absolute Gasteiger partial charge is 0.504 e. The van der Waals surface area contributed by atoms with Crippen LogP contribution in [0, 0.1) is 0 Å². The van der Waals surface area contributed by atoms with Crippen LogP contribution >= 0.6 is 0 Å². The van der Waals surface area contributed by atoms with Gasteiger partial charge in [0.2, 0.25) is 35.4 Å². The monoisotopic (exact) mass is 952 g/mol. The summed E-state index contributed by atoms with van der Waals surface area (Å²) in [6.07, 6.45) is -12.2. The van der Waals surface area contributed by atoms with Crippen LogP contribution in [0.5, 0.6) is 69.0 Å². The van der Waals surface area contributed by atoms with Crippen molar-refractivity contribution in [1.82, 2.24) is 0 Å². The van der Waals surface area contributed by atoms with Crippen molar-refractivity contribution in [2.75, 3.05) is 6.61 Å². The lowest BCUT2D eigenvalue weighted by molar-refractivity contribution is -0.323. The van der Waals surface area contributed by atoms with Crippen LogP contribution in [0.4, 0.5) is 0 Å². The van der Waals surface area contributed by atoms with Crippen LogP contribution < -0.4 is 4.74 Å². The standard InChI is InChI=1S/C41H28O27/c42-13-1-8(2-14(43)24(13)48)34(54)65-32-30-18-7-62-35(55)9-3-15(44)25(49)28(52)20(9)21-10(4-16(45)26(50)29(21)53)37(57)67-39(63-18)33(32)66-38(58)12-6-19(47)40(59,60)41(61)23(12)22-11(36(56)64-30)5-17(46)27(51)31(22)68-41/h1-6,18,23,30,32-33,39,42-46,48-53,59-61H,7H2. The Hall–Kier alpha value is -8.92. The minimum Gasteiger partial charge on any atom is -0.504 e. The molecule has 14 N–H and O–H groups in total. The van der Waals surface area contributed by atoms with E-state index in [0.717, 1.165) is 0 Å². The summed E-state index contributed by atoms with van der Waals surface area (Å²) < 4.78 is 39.1. The lowest BCUT2D eigenvalue weighted by Gasteiger charge is -2.44. The SMILES string of the molecule is O=C1OC2C3OC(=O)c4cc(O)c(O)c(O)c4-c4c(cc(O)c(O)c4O)C(=O)OCC(O3)C(OC(=O)c3cc(O)c(O)c4c3C3C1=CC(=O)C(O)(O)C3(O)O4)C2OC(=O)c1cc(O)c(O)c(O)c1. The molecular formula is C41H28O27. The molecule has 1 saturated heterocycles. The number of fused-ring (bicyclic) bond motifs is 9. The van der Waals surface area contributed by atoms with Gasteiger partial charge in [0, 0.05) is 16.7 Å². The van der Waals surface area contributed by atoms with Gasteiger partial charge in [-0.3, -0.25) is 4.79 Å². The van der Waals surface area contributed by atoms with E-state index >= 15 is 0 Å². The van der Waals surface area contributed by atoms with E-state index in [0.29, 0.717) is 30.3 Å². The number of hydrogen-bond donors (Lipinski definition) is 14. The Labute approximate surface area is 373 Å². The molecule has 4 aliphatic heterocycles. The number of esters is 5. The van der Waals surface area contributed by atoms with Gasteiger partial charge in [-0.05, 0) is 36.4 Å². The summed E-state index contributed by atoms with van der Waals surface area (Å²) in [7, 11) is 0. The second-order valence-corrected chi connectivity index (χ2v) is 15.5. The maximum absolute atomic E-state index is 14.6. The van der Waals surface area contributed by atoms with Crippen molar-refractivity contribution < 1.29 is 133 Å². The zero-order valence-electron chi connectivity index (χ0n) is 33.2. The van der Waals surface area contributed by atoms with E-state index in [-0.39, 0.29) is 6.08 Å². The highest BCUT2D eigenvalue weighted by Gasteiger charge is 2.70. The summed E-state index contributed by atoms with van der Waals surface area (Å²) in [4.78, 5) is 84.7. The molecule has 0 spiro atoms. The number of rotatable bonds is 2. The van der Waals surface area contributed by atoms with Crippen molar-refractivity contribution in [1.29, 1.82) is 0 Å². The fourth-order valence-corrected chi connectivity index (χ4v) is 8.26. The molecule has 354 valence electrons. The first kappa shape index (κ1) is 44.3. The molecule has 4 bridgehead atoms. The Balaban J connectivity index is 1.29. The summed E-state index contributed by atoms with van der Waals surface area (Å²) in [5.74, 6) is -36.3. The average Bonchev–Trinajstić information content (AvgIpc) is 3.61. The van der Waals surface area contributed by atoms with Gasteiger partial charge < -0.3 is 105 Å². The number of carbonyl (C=O) groups is 6. The summed E-state index contributed by atoms with van der Waals surface area (Å²) in [6, 6.07) is 2.37. The number of aliphatic hydroxyl groups is 3. The van der Waals surface area contributed by atoms with E-state index < -0.39 is 204 Å². The Morgan fingerprint density at radius 1 is 0.588 bits per heavy atom. The molecule has 27 heteroatoms. The van der Waals surface area contributed by atoms with Gasteiger partial charge in [-0.1, -0.05) is 0 Å². The van der Waals surface area contributed by atoms with Crippen molar-refractivity contribution in [2.24, 2.45) is 0 Å². The molecule has 4 heterocycles. The van der Waals surface area contributed by atoms with Crippen molar-refractivity contribution in [2.45, 2.75) is 48.2 Å². The third kappa shape index (κ3) is 6.21. The van der Waals surface area contributed by atoms with E-state index in [1.165, 1.54) is 0 Å². The first-order chi connectivity index (χ1) is 31.9. The number of benzene rings is 4. The van der Waals surface area contributed by atoms with Gasteiger partial charge in [0.15, 0.2) is 64.0 Å². The number of ether oxygens (including phenoxy) is 7. The maximum atomic E-state index is 14.6. The van der Waals surface area contributed by atoms with E-state index in [2.05, 4.69) is 0 Å². The van der Waals surface area contributed by atoms with Gasteiger partial charge in [0.1, 0.15) is 12.7 Å². The molecule has 4 aromatic rings. The van der Waals surface area contributed by atoms with E-state index in [4.69, 9.17) is 33.2 Å². The van der Waals surface area contributed by atoms with Crippen molar-refractivity contribution >= 4 is 35.6 Å².